The van der Waals surface area contributed by atoms with Crippen LogP contribution in [-0.2, 0) is 6.54 Å². The number of hydrogen-bond acceptors (Lipinski definition) is 2. The van der Waals surface area contributed by atoms with Crippen LogP contribution in [0.2, 0.25) is 0 Å². The van der Waals surface area contributed by atoms with Crippen LogP contribution in [0.3, 0.4) is 0 Å². The van der Waals surface area contributed by atoms with Gasteiger partial charge in [0.1, 0.15) is 0 Å². The van der Waals surface area contributed by atoms with Crippen LogP contribution >= 0.6 is 0 Å². The highest BCUT2D eigenvalue weighted by molar-refractivity contribution is 5.33. The van der Waals surface area contributed by atoms with Crippen LogP contribution in [0.5, 0.6) is 0 Å². The molecule has 1 aliphatic heterocycles. The van der Waals surface area contributed by atoms with Gasteiger partial charge in [-0.25, -0.2) is 0 Å². The van der Waals surface area contributed by atoms with Gasteiger partial charge in [0, 0.05) is 31.7 Å². The molecule has 1 fully saturated rings. The molecule has 0 spiro atoms. The second-order valence-corrected chi connectivity index (χ2v) is 5.46. The Morgan fingerprint density at radius 3 is 2.53 bits per heavy atom. The number of aryl methyl sites for hydroxylation is 2. The van der Waals surface area contributed by atoms with Crippen LogP contribution in [0.25, 0.3) is 0 Å². The molecule has 1 saturated heterocycles. The quantitative estimate of drug-likeness (QED) is 0.843. The monoisotopic (exact) mass is 232 g/mol. The third-order valence-corrected chi connectivity index (χ3v) is 3.90. The lowest BCUT2D eigenvalue weighted by molar-refractivity contribution is 0.138. The molecule has 0 aliphatic carbocycles. The van der Waals surface area contributed by atoms with Crippen molar-refractivity contribution in [1.29, 1.82) is 0 Å². The zero-order valence-electron chi connectivity index (χ0n) is 11.5. The molecule has 1 heterocycles. The van der Waals surface area contributed by atoms with Crippen molar-refractivity contribution in [3.8, 4) is 0 Å². The Labute approximate surface area is 105 Å². The second kappa shape index (κ2) is 5.19. The highest BCUT2D eigenvalue weighted by Crippen LogP contribution is 2.18. The first-order valence-electron chi connectivity index (χ1n) is 6.60. The summed E-state index contributed by atoms with van der Waals surface area (Å²) in [4.78, 5) is 2.59. The van der Waals surface area contributed by atoms with Crippen molar-refractivity contribution in [1.82, 2.24) is 10.2 Å². The highest BCUT2D eigenvalue weighted by Gasteiger charge is 2.22. The van der Waals surface area contributed by atoms with E-state index in [2.05, 4.69) is 56.1 Å². The normalized spacial score (nSPS) is 26.1. The first-order chi connectivity index (χ1) is 8.08. The average Bonchev–Trinajstić information content (AvgIpc) is 2.28. The Bertz CT molecular complexity index is 366. The number of benzene rings is 1. The number of rotatable bonds is 2. The van der Waals surface area contributed by atoms with Gasteiger partial charge in [-0.05, 0) is 44.4 Å². The van der Waals surface area contributed by atoms with E-state index in [9.17, 15) is 0 Å². The Balaban J connectivity index is 2.14. The number of nitrogens with one attached hydrogen (secondary N) is 1. The lowest BCUT2D eigenvalue weighted by Crippen LogP contribution is -2.53. The van der Waals surface area contributed by atoms with E-state index in [0.29, 0.717) is 12.1 Å². The van der Waals surface area contributed by atoms with Crippen LogP contribution in [0.4, 0.5) is 0 Å². The molecule has 2 rings (SSSR count). The van der Waals surface area contributed by atoms with Crippen LogP contribution < -0.4 is 5.32 Å². The van der Waals surface area contributed by atoms with E-state index in [1.165, 1.54) is 16.7 Å². The maximum absolute atomic E-state index is 3.54. The van der Waals surface area contributed by atoms with Gasteiger partial charge in [-0.1, -0.05) is 18.2 Å². The smallest absolute Gasteiger partial charge is 0.0243 e. The van der Waals surface area contributed by atoms with Crippen LogP contribution in [-0.4, -0.2) is 30.1 Å². The zero-order chi connectivity index (χ0) is 12.4. The minimum Gasteiger partial charge on any atom is -0.311 e. The van der Waals surface area contributed by atoms with Crippen molar-refractivity contribution >= 4 is 0 Å². The van der Waals surface area contributed by atoms with Gasteiger partial charge in [0.2, 0.25) is 0 Å². The Kier molecular flexibility index (Phi) is 3.85. The summed E-state index contributed by atoms with van der Waals surface area (Å²) in [6.07, 6.45) is 0. The van der Waals surface area contributed by atoms with Gasteiger partial charge in [-0.15, -0.1) is 0 Å². The molecular formula is C15H24N2. The first-order valence-corrected chi connectivity index (χ1v) is 6.60. The molecule has 2 heteroatoms. The average molecular weight is 232 g/mol. The van der Waals surface area contributed by atoms with E-state index in [1.807, 2.05) is 0 Å². The van der Waals surface area contributed by atoms with E-state index < -0.39 is 0 Å². The number of nitrogens with zero attached hydrogens (tertiary/aromatic N) is 1. The van der Waals surface area contributed by atoms with Crippen molar-refractivity contribution < 1.29 is 0 Å². The Hall–Kier alpha value is -0.860. The van der Waals surface area contributed by atoms with Gasteiger partial charge in [-0.3, -0.25) is 4.90 Å². The predicted molar refractivity (Wildman–Crippen MR) is 73.3 cm³/mol. The third-order valence-electron chi connectivity index (χ3n) is 3.90. The van der Waals surface area contributed by atoms with E-state index in [0.717, 1.165) is 19.6 Å². The van der Waals surface area contributed by atoms with E-state index in [1.54, 1.807) is 0 Å². The molecule has 0 bridgehead atoms. The summed E-state index contributed by atoms with van der Waals surface area (Å²) in [5, 5.41) is 3.54. The van der Waals surface area contributed by atoms with Crippen molar-refractivity contribution in [3.63, 3.8) is 0 Å². The van der Waals surface area contributed by atoms with Crippen LogP contribution in [0.1, 0.15) is 30.5 Å². The number of piperazine rings is 1. The second-order valence-electron chi connectivity index (χ2n) is 5.46. The zero-order valence-corrected chi connectivity index (χ0v) is 11.5. The molecule has 1 N–H and O–H groups in total. The molecular weight excluding hydrogens is 208 g/mol. The topological polar surface area (TPSA) is 15.3 Å². The summed E-state index contributed by atoms with van der Waals surface area (Å²) < 4.78 is 0. The predicted octanol–water partition coefficient (Wildman–Crippen LogP) is 2.49. The molecule has 1 aromatic rings. The van der Waals surface area contributed by atoms with E-state index in [-0.39, 0.29) is 0 Å². The SMILES string of the molecule is Cc1cccc(C)c1CN1CC(C)NCC1C. The fourth-order valence-corrected chi connectivity index (χ4v) is 2.62. The van der Waals surface area contributed by atoms with Crippen molar-refractivity contribution in [3.05, 3.63) is 34.9 Å². The molecule has 2 nitrogen and oxygen atoms in total. The van der Waals surface area contributed by atoms with Gasteiger partial charge in [0.15, 0.2) is 0 Å². The fourth-order valence-electron chi connectivity index (χ4n) is 2.62. The molecule has 2 atom stereocenters. The molecule has 94 valence electrons. The molecule has 2 unspecified atom stereocenters. The van der Waals surface area contributed by atoms with Gasteiger partial charge in [0.25, 0.3) is 0 Å². The van der Waals surface area contributed by atoms with Gasteiger partial charge in [-0.2, -0.15) is 0 Å². The standard InChI is InChI=1S/C15H24N2/c1-11-6-5-7-12(2)15(11)10-17-9-13(3)16-8-14(17)4/h5-7,13-14,16H,8-10H2,1-4H3. The van der Waals surface area contributed by atoms with Crippen molar-refractivity contribution in [2.24, 2.45) is 0 Å². The summed E-state index contributed by atoms with van der Waals surface area (Å²) in [6, 6.07) is 7.83. The molecule has 1 aromatic carbocycles. The third kappa shape index (κ3) is 2.88. The highest BCUT2D eigenvalue weighted by atomic mass is 15.2. The van der Waals surface area contributed by atoms with E-state index >= 15 is 0 Å². The summed E-state index contributed by atoms with van der Waals surface area (Å²) in [7, 11) is 0. The molecule has 0 radical (unpaired) electrons. The van der Waals surface area contributed by atoms with Crippen molar-refractivity contribution in [2.75, 3.05) is 13.1 Å². The number of hydrogen-bond donors (Lipinski definition) is 1. The lowest BCUT2D eigenvalue weighted by atomic mass is 10.0. The molecule has 0 amide bonds. The van der Waals surface area contributed by atoms with Gasteiger partial charge >= 0.3 is 0 Å². The molecule has 0 aromatic heterocycles. The summed E-state index contributed by atoms with van der Waals surface area (Å²) in [6.45, 7) is 12.4. The first kappa shape index (κ1) is 12.6. The summed E-state index contributed by atoms with van der Waals surface area (Å²) in [5.41, 5.74) is 4.35. The van der Waals surface area contributed by atoms with Crippen LogP contribution in [0, 0.1) is 13.8 Å². The van der Waals surface area contributed by atoms with Gasteiger partial charge < -0.3 is 5.32 Å². The van der Waals surface area contributed by atoms with Crippen LogP contribution in [0.15, 0.2) is 18.2 Å². The minimum atomic E-state index is 0.607. The molecule has 17 heavy (non-hydrogen) atoms. The maximum atomic E-state index is 3.54. The summed E-state index contributed by atoms with van der Waals surface area (Å²) >= 11 is 0. The molecule has 1 aliphatic rings. The van der Waals surface area contributed by atoms with E-state index in [4.69, 9.17) is 0 Å². The van der Waals surface area contributed by atoms with Crippen molar-refractivity contribution in [2.45, 2.75) is 46.3 Å². The largest absolute Gasteiger partial charge is 0.311 e. The lowest BCUT2D eigenvalue weighted by Gasteiger charge is -2.38. The Morgan fingerprint density at radius 2 is 1.88 bits per heavy atom. The molecule has 0 saturated carbocycles. The fraction of sp³-hybridized carbons (Fsp3) is 0.600. The maximum Gasteiger partial charge on any atom is 0.0243 e. The summed E-state index contributed by atoms with van der Waals surface area (Å²) in [5.74, 6) is 0. The minimum absolute atomic E-state index is 0.607. The Morgan fingerprint density at radius 1 is 1.24 bits per heavy atom. The van der Waals surface area contributed by atoms with Gasteiger partial charge in [0.05, 0.1) is 0 Å².